The second-order valence-corrected chi connectivity index (χ2v) is 8.28. The lowest BCUT2D eigenvalue weighted by Crippen LogP contribution is -2.24. The molecule has 0 rings (SSSR count). The molecule has 0 aliphatic heterocycles. The van der Waals surface area contributed by atoms with Gasteiger partial charge in [0.15, 0.2) is 0 Å². The third-order valence-electron chi connectivity index (χ3n) is 4.08. The van der Waals surface area contributed by atoms with Gasteiger partial charge in [-0.15, -0.1) is 0 Å². The van der Waals surface area contributed by atoms with E-state index in [2.05, 4.69) is 47.9 Å². The van der Waals surface area contributed by atoms with Crippen molar-refractivity contribution in [3.63, 3.8) is 0 Å². The van der Waals surface area contributed by atoms with Crippen LogP contribution < -0.4 is 11.0 Å². The average molecular weight is 476 g/mol. The molecule has 0 aliphatic carbocycles. The van der Waals surface area contributed by atoms with Crippen molar-refractivity contribution in [2.24, 2.45) is 0 Å². The Morgan fingerprint density at radius 3 is 1.91 bits per heavy atom. The van der Waals surface area contributed by atoms with Crippen LogP contribution in [0.2, 0.25) is 0 Å². The molecule has 0 saturated heterocycles. The number of quaternary nitrogens is 1. The van der Waals surface area contributed by atoms with Gasteiger partial charge in [-0.2, -0.15) is 0 Å². The molecule has 186 valence electrons. The van der Waals surface area contributed by atoms with E-state index in [1.807, 2.05) is 12.2 Å². The first kappa shape index (κ1) is 32.6. The SMILES string of the molecule is CCCCC/C=C/C/C=C/C/C=C/C/C=C/CCCC(=O)OC[C@@H](O)COP(=O)([O-])O.[NH4+]. The zero-order chi connectivity index (χ0) is 23.2. The summed E-state index contributed by atoms with van der Waals surface area (Å²) in [6, 6.07) is 0. The molecule has 0 radical (unpaired) electrons. The number of unbranched alkanes of at least 4 members (excludes halogenated alkanes) is 4. The number of allylic oxidation sites excluding steroid dienone is 8. The fourth-order valence-corrected chi connectivity index (χ4v) is 2.78. The Balaban J connectivity index is 0. The van der Waals surface area contributed by atoms with Crippen LogP contribution in [0.3, 0.4) is 0 Å². The van der Waals surface area contributed by atoms with Crippen molar-refractivity contribution < 1.29 is 33.5 Å². The van der Waals surface area contributed by atoms with E-state index >= 15 is 0 Å². The van der Waals surface area contributed by atoms with Gasteiger partial charge in [-0.1, -0.05) is 68.4 Å². The van der Waals surface area contributed by atoms with Gasteiger partial charge in [0.25, 0.3) is 7.82 Å². The van der Waals surface area contributed by atoms with Crippen molar-refractivity contribution in [3.8, 4) is 0 Å². The van der Waals surface area contributed by atoms with Gasteiger partial charge in [0.05, 0.1) is 6.61 Å². The van der Waals surface area contributed by atoms with E-state index in [-0.39, 0.29) is 19.2 Å². The predicted octanol–water partition coefficient (Wildman–Crippen LogP) is 4.89. The predicted molar refractivity (Wildman–Crippen MR) is 127 cm³/mol. The number of rotatable bonds is 19. The Kier molecular flexibility index (Phi) is 23.1. The van der Waals surface area contributed by atoms with Crippen LogP contribution >= 0.6 is 7.82 Å². The maximum absolute atomic E-state index is 11.5. The number of hydrogen-bond acceptors (Lipinski definition) is 6. The van der Waals surface area contributed by atoms with Crippen LogP contribution in [0.25, 0.3) is 0 Å². The molecule has 0 spiro atoms. The lowest BCUT2D eigenvalue weighted by atomic mass is 10.2. The number of phosphoric ester groups is 1. The number of carbonyl (C=O) groups is 1. The summed E-state index contributed by atoms with van der Waals surface area (Å²) in [7, 11) is -4.88. The smallest absolute Gasteiger partial charge is 0.305 e. The minimum atomic E-state index is -4.88. The van der Waals surface area contributed by atoms with Gasteiger partial charge in [-0.25, -0.2) is 0 Å². The summed E-state index contributed by atoms with van der Waals surface area (Å²) in [6.45, 7) is 1.17. The van der Waals surface area contributed by atoms with E-state index in [1.165, 1.54) is 25.7 Å². The Morgan fingerprint density at radius 1 is 0.906 bits per heavy atom. The van der Waals surface area contributed by atoms with Crippen LogP contribution in [-0.4, -0.2) is 35.3 Å². The molecule has 2 atom stereocenters. The fourth-order valence-electron chi connectivity index (χ4n) is 2.41. The van der Waals surface area contributed by atoms with Crippen molar-refractivity contribution in [2.75, 3.05) is 13.2 Å². The van der Waals surface area contributed by atoms with Gasteiger partial charge in [-0.05, 0) is 44.9 Å². The molecule has 0 bridgehead atoms. The van der Waals surface area contributed by atoms with Crippen LogP contribution in [0.4, 0.5) is 0 Å². The van der Waals surface area contributed by atoms with E-state index in [0.29, 0.717) is 6.42 Å². The second-order valence-electron chi connectivity index (χ2n) is 7.08. The molecular formula is C23H42NO7P. The number of aliphatic hydroxyl groups is 1. The lowest BCUT2D eigenvalue weighted by molar-refractivity contribution is -0.222. The summed E-state index contributed by atoms with van der Waals surface area (Å²) in [5.41, 5.74) is 0. The molecule has 0 aromatic heterocycles. The summed E-state index contributed by atoms with van der Waals surface area (Å²) in [4.78, 5) is 30.3. The van der Waals surface area contributed by atoms with Gasteiger partial charge in [0, 0.05) is 6.42 Å². The van der Waals surface area contributed by atoms with Gasteiger partial charge < -0.3 is 30.3 Å². The van der Waals surface area contributed by atoms with Gasteiger partial charge in [0.1, 0.15) is 12.7 Å². The molecule has 0 aromatic rings. The number of phosphoric acid groups is 1. The number of aliphatic hydroxyl groups excluding tert-OH is 1. The highest BCUT2D eigenvalue weighted by Gasteiger charge is 2.11. The zero-order valence-corrected chi connectivity index (χ0v) is 20.5. The van der Waals surface area contributed by atoms with E-state index in [0.717, 1.165) is 25.7 Å². The normalized spacial score (nSPS) is 14.9. The number of hydrogen-bond donors (Lipinski definition) is 3. The van der Waals surface area contributed by atoms with Crippen molar-refractivity contribution in [1.82, 2.24) is 6.15 Å². The molecule has 8 nitrogen and oxygen atoms in total. The summed E-state index contributed by atoms with van der Waals surface area (Å²) in [5, 5.41) is 9.38. The maximum atomic E-state index is 11.5. The van der Waals surface area contributed by atoms with Crippen LogP contribution in [0, 0.1) is 0 Å². The highest BCUT2D eigenvalue weighted by atomic mass is 31.2. The number of carbonyl (C=O) groups excluding carboxylic acids is 1. The zero-order valence-electron chi connectivity index (χ0n) is 19.6. The minimum absolute atomic E-state index is 0. The summed E-state index contributed by atoms with van der Waals surface area (Å²) < 4.78 is 19.2. The van der Waals surface area contributed by atoms with Gasteiger partial charge >= 0.3 is 5.97 Å². The molecule has 0 aliphatic rings. The van der Waals surface area contributed by atoms with Gasteiger partial charge in [-0.3, -0.25) is 9.36 Å². The van der Waals surface area contributed by atoms with Crippen LogP contribution in [0.15, 0.2) is 48.6 Å². The van der Waals surface area contributed by atoms with Crippen molar-refractivity contribution >= 4 is 13.8 Å². The minimum Gasteiger partial charge on any atom is -0.756 e. The quantitative estimate of drug-likeness (QED) is 0.104. The largest absolute Gasteiger partial charge is 0.756 e. The van der Waals surface area contributed by atoms with E-state index in [9.17, 15) is 19.4 Å². The molecule has 1 unspecified atom stereocenters. The molecule has 0 fully saturated rings. The van der Waals surface area contributed by atoms with E-state index in [4.69, 9.17) is 9.63 Å². The molecule has 0 saturated carbocycles. The number of esters is 1. The monoisotopic (exact) mass is 475 g/mol. The first-order valence-electron chi connectivity index (χ1n) is 11.0. The van der Waals surface area contributed by atoms with E-state index < -0.39 is 26.5 Å². The summed E-state index contributed by atoms with van der Waals surface area (Å²) in [6.07, 6.45) is 25.1. The highest BCUT2D eigenvalue weighted by Crippen LogP contribution is 2.30. The molecule has 6 N–H and O–H groups in total. The summed E-state index contributed by atoms with van der Waals surface area (Å²) >= 11 is 0. The average Bonchev–Trinajstić information content (AvgIpc) is 2.72. The Hall–Kier alpha value is -1.54. The lowest BCUT2D eigenvalue weighted by Gasteiger charge is -2.18. The molecule has 0 amide bonds. The third kappa shape index (κ3) is 26.5. The fraction of sp³-hybridized carbons (Fsp3) is 0.609. The molecular weight excluding hydrogens is 433 g/mol. The topological polar surface area (TPSA) is 153 Å². The third-order valence-corrected chi connectivity index (χ3v) is 4.55. The van der Waals surface area contributed by atoms with Crippen molar-refractivity contribution in [3.05, 3.63) is 48.6 Å². The number of ether oxygens (including phenoxy) is 1. The Bertz CT molecular complexity index is 611. The Labute approximate surface area is 192 Å². The second kappa shape index (κ2) is 22.6. The molecule has 32 heavy (non-hydrogen) atoms. The first-order valence-corrected chi connectivity index (χ1v) is 12.5. The van der Waals surface area contributed by atoms with E-state index in [1.54, 1.807) is 0 Å². The van der Waals surface area contributed by atoms with Crippen molar-refractivity contribution in [2.45, 2.75) is 77.2 Å². The first-order chi connectivity index (χ1) is 14.8. The molecule has 0 aromatic carbocycles. The molecule has 9 heteroatoms. The van der Waals surface area contributed by atoms with Crippen LogP contribution in [-0.2, 0) is 18.6 Å². The molecule has 0 heterocycles. The van der Waals surface area contributed by atoms with Crippen LogP contribution in [0.5, 0.6) is 0 Å². The summed E-state index contributed by atoms with van der Waals surface area (Å²) in [5.74, 6) is -0.482. The van der Waals surface area contributed by atoms with Crippen molar-refractivity contribution in [1.29, 1.82) is 0 Å². The van der Waals surface area contributed by atoms with Gasteiger partial charge in [0.2, 0.25) is 0 Å². The highest BCUT2D eigenvalue weighted by molar-refractivity contribution is 7.44. The maximum Gasteiger partial charge on any atom is 0.305 e. The van der Waals surface area contributed by atoms with Crippen LogP contribution in [0.1, 0.15) is 71.1 Å². The Morgan fingerprint density at radius 2 is 1.41 bits per heavy atom. The standard InChI is InChI=1S/C23H39O7P.H3N/c1-2-3-4-5-6-7-8-9-10-11-12-13-14-15-16-17-18-19-23(25)29-20-22(24)21-30-31(26,27)28;/h6-7,9-10,12-13,15-16,22,24H,2-5,8,11,14,17-21H2,1H3,(H2,26,27,28);1H3/b7-6+,10-9+,13-12+,16-15+;/t22-;/m1./s1.